The average molecular weight is 937 g/mol. The summed E-state index contributed by atoms with van der Waals surface area (Å²) in [4.78, 5) is 25.4. The van der Waals surface area contributed by atoms with E-state index < -0.39 is 26.6 Å². The number of rotatable bonds is 51. The maximum absolute atomic E-state index is 12.9. The Morgan fingerprint density at radius 2 is 0.862 bits per heavy atom. The first-order valence-electron chi connectivity index (χ1n) is 27.9. The number of aliphatic hydroxyl groups is 1. The van der Waals surface area contributed by atoms with Gasteiger partial charge in [-0.3, -0.25) is 9.36 Å². The van der Waals surface area contributed by atoms with Gasteiger partial charge < -0.3 is 28.8 Å². The van der Waals surface area contributed by atoms with E-state index in [2.05, 4.69) is 43.5 Å². The van der Waals surface area contributed by atoms with Gasteiger partial charge in [0.05, 0.1) is 39.9 Å². The Bertz CT molecular complexity index is 1150. The molecule has 3 atom stereocenters. The Morgan fingerprint density at radius 3 is 1.25 bits per heavy atom. The number of carbonyl (C=O) groups is 1. The molecule has 0 aliphatic rings. The van der Waals surface area contributed by atoms with E-state index in [-0.39, 0.29) is 12.5 Å². The van der Waals surface area contributed by atoms with E-state index in [0.29, 0.717) is 17.4 Å². The van der Waals surface area contributed by atoms with Crippen molar-refractivity contribution in [2.75, 3.05) is 40.9 Å². The fraction of sp³-hybridized carbons (Fsp3) is 0.875. The maximum Gasteiger partial charge on any atom is 0.268 e. The van der Waals surface area contributed by atoms with E-state index in [1.165, 1.54) is 205 Å². The van der Waals surface area contributed by atoms with Crippen LogP contribution in [0.1, 0.15) is 264 Å². The number of nitrogens with one attached hydrogen (secondary N) is 1. The number of aliphatic hydroxyl groups excluding tert-OH is 1. The molecule has 0 heterocycles. The molecule has 0 aliphatic carbocycles. The molecule has 65 heavy (non-hydrogen) atoms. The predicted octanol–water partition coefficient (Wildman–Crippen LogP) is 16.0. The lowest BCUT2D eigenvalue weighted by atomic mass is 10.0. The zero-order valence-electron chi connectivity index (χ0n) is 43.7. The van der Waals surface area contributed by atoms with Crippen molar-refractivity contribution in [2.45, 2.75) is 276 Å². The largest absolute Gasteiger partial charge is 0.756 e. The summed E-state index contributed by atoms with van der Waals surface area (Å²) >= 11 is 0. The molecule has 1 amide bonds. The van der Waals surface area contributed by atoms with Crippen LogP contribution in [0, 0.1) is 0 Å². The fourth-order valence-electron chi connectivity index (χ4n) is 8.17. The number of hydrogen-bond acceptors (Lipinski definition) is 6. The van der Waals surface area contributed by atoms with Gasteiger partial charge in [0.15, 0.2) is 0 Å². The van der Waals surface area contributed by atoms with Crippen LogP contribution in [0.25, 0.3) is 0 Å². The summed E-state index contributed by atoms with van der Waals surface area (Å²) < 4.78 is 23.3. The molecule has 0 rings (SSSR count). The highest BCUT2D eigenvalue weighted by Crippen LogP contribution is 2.38. The summed E-state index contributed by atoms with van der Waals surface area (Å²) in [7, 11) is 1.25. The number of carbonyl (C=O) groups excluding carboxylic acids is 1. The van der Waals surface area contributed by atoms with E-state index >= 15 is 0 Å². The van der Waals surface area contributed by atoms with Crippen molar-refractivity contribution in [3.05, 3.63) is 36.5 Å². The van der Waals surface area contributed by atoms with Gasteiger partial charge in [-0.1, -0.05) is 237 Å². The van der Waals surface area contributed by atoms with Crippen molar-refractivity contribution < 1.29 is 32.9 Å². The van der Waals surface area contributed by atoms with Crippen LogP contribution in [-0.4, -0.2) is 68.5 Å². The standard InChI is InChI=1S/C56H109N2O6P/c1-6-8-10-12-14-16-18-20-22-23-24-25-26-27-28-29-30-31-32-33-34-36-38-40-42-44-46-48-50-56(60)57-54(53-64-65(61,62)63-52-51-58(3,4)5)55(59)49-47-45-43-41-39-37-35-21-19-17-15-13-11-9-7-2/h27-28,39,41,47,49,54-55,59H,6-26,29-38,40,42-46,48,50-53H2,1-5H3,(H-,57,60,61,62)/b28-27-,41-39+,49-47+. The van der Waals surface area contributed by atoms with E-state index in [1.54, 1.807) is 6.08 Å². The molecule has 0 radical (unpaired) electrons. The molecule has 0 aromatic rings. The van der Waals surface area contributed by atoms with Gasteiger partial charge >= 0.3 is 0 Å². The molecule has 0 saturated carbocycles. The van der Waals surface area contributed by atoms with Crippen LogP contribution >= 0.6 is 7.82 Å². The van der Waals surface area contributed by atoms with Gasteiger partial charge in [0.2, 0.25) is 5.91 Å². The lowest BCUT2D eigenvalue weighted by molar-refractivity contribution is -0.870. The van der Waals surface area contributed by atoms with E-state index in [1.807, 2.05) is 27.2 Å². The van der Waals surface area contributed by atoms with Crippen molar-refractivity contribution in [3.63, 3.8) is 0 Å². The molecule has 0 aromatic heterocycles. The lowest BCUT2D eigenvalue weighted by Gasteiger charge is -2.29. The molecule has 2 N–H and O–H groups in total. The molecule has 8 nitrogen and oxygen atoms in total. The van der Waals surface area contributed by atoms with E-state index in [9.17, 15) is 19.4 Å². The first-order valence-corrected chi connectivity index (χ1v) is 29.3. The van der Waals surface area contributed by atoms with Crippen molar-refractivity contribution >= 4 is 13.7 Å². The topological polar surface area (TPSA) is 108 Å². The Balaban J connectivity index is 4.16. The quantitative estimate of drug-likeness (QED) is 0.0272. The summed E-state index contributed by atoms with van der Waals surface area (Å²) in [5, 5.41) is 13.8. The van der Waals surface area contributed by atoms with Crippen LogP contribution in [0.3, 0.4) is 0 Å². The van der Waals surface area contributed by atoms with Crippen LogP contribution in [-0.2, 0) is 18.4 Å². The highest BCUT2D eigenvalue weighted by atomic mass is 31.2. The van der Waals surface area contributed by atoms with Crippen LogP contribution < -0.4 is 10.2 Å². The minimum atomic E-state index is -4.60. The summed E-state index contributed by atoms with van der Waals surface area (Å²) in [6, 6.07) is -0.902. The number of quaternary nitrogens is 1. The molecule has 384 valence electrons. The number of unbranched alkanes of at least 4 members (excludes halogenated alkanes) is 34. The second kappa shape index (κ2) is 47.8. The highest BCUT2D eigenvalue weighted by Gasteiger charge is 2.23. The molecular weight excluding hydrogens is 828 g/mol. The summed E-state index contributed by atoms with van der Waals surface area (Å²) in [6.45, 7) is 4.65. The number of allylic oxidation sites excluding steroid dienone is 5. The number of phosphoric acid groups is 1. The van der Waals surface area contributed by atoms with Crippen LogP contribution in [0.2, 0.25) is 0 Å². The third-order valence-electron chi connectivity index (χ3n) is 12.6. The van der Waals surface area contributed by atoms with Gasteiger partial charge in [0.25, 0.3) is 7.82 Å². The van der Waals surface area contributed by atoms with Crippen molar-refractivity contribution in [1.29, 1.82) is 0 Å². The molecule has 0 bridgehead atoms. The zero-order chi connectivity index (χ0) is 47.8. The van der Waals surface area contributed by atoms with Gasteiger partial charge in [-0.05, 0) is 57.8 Å². The second-order valence-corrected chi connectivity index (χ2v) is 21.7. The molecule has 3 unspecified atom stereocenters. The van der Waals surface area contributed by atoms with Crippen molar-refractivity contribution in [3.8, 4) is 0 Å². The van der Waals surface area contributed by atoms with Crippen LogP contribution in [0.4, 0.5) is 0 Å². The van der Waals surface area contributed by atoms with Crippen LogP contribution in [0.5, 0.6) is 0 Å². The average Bonchev–Trinajstić information content (AvgIpc) is 3.26. The van der Waals surface area contributed by atoms with Gasteiger partial charge in [0.1, 0.15) is 13.2 Å². The first-order chi connectivity index (χ1) is 31.5. The molecule has 0 saturated heterocycles. The first kappa shape index (κ1) is 63.7. The number of nitrogens with zero attached hydrogens (tertiary/aromatic N) is 1. The van der Waals surface area contributed by atoms with Gasteiger partial charge in [-0.25, -0.2) is 0 Å². The Morgan fingerprint density at radius 1 is 0.523 bits per heavy atom. The summed E-state index contributed by atoms with van der Waals surface area (Å²) in [5.41, 5.74) is 0. The Kier molecular flexibility index (Phi) is 46.8. The monoisotopic (exact) mass is 937 g/mol. The number of likely N-dealkylation sites (N-methyl/N-ethyl adjacent to an activating group) is 1. The Labute approximate surface area is 404 Å². The summed E-state index contributed by atoms with van der Waals surface area (Å²) in [5.74, 6) is -0.206. The molecule has 0 spiro atoms. The lowest BCUT2D eigenvalue weighted by Crippen LogP contribution is -2.45. The Hall–Kier alpha value is -1.28. The van der Waals surface area contributed by atoms with E-state index in [4.69, 9.17) is 9.05 Å². The summed E-state index contributed by atoms with van der Waals surface area (Å²) in [6.07, 6.45) is 60.8. The second-order valence-electron chi connectivity index (χ2n) is 20.3. The fourth-order valence-corrected chi connectivity index (χ4v) is 8.89. The SMILES string of the molecule is CCCCCCCCCCC/C=C/CC/C=C/C(O)C(COP(=O)([O-])OCC[N+](C)(C)C)NC(=O)CCCCCCCCCCCCCC/C=C\CCCCCCCCCCCCCC. The minimum Gasteiger partial charge on any atom is -0.756 e. The third kappa shape index (κ3) is 50.4. The number of phosphoric ester groups is 1. The number of hydrogen-bond donors (Lipinski definition) is 2. The molecule has 0 aromatic carbocycles. The third-order valence-corrected chi connectivity index (χ3v) is 13.5. The molecular formula is C56H109N2O6P. The smallest absolute Gasteiger partial charge is 0.268 e. The molecule has 0 fully saturated rings. The molecule has 9 heteroatoms. The van der Waals surface area contributed by atoms with Gasteiger partial charge in [-0.15, -0.1) is 0 Å². The zero-order valence-corrected chi connectivity index (χ0v) is 44.6. The highest BCUT2D eigenvalue weighted by molar-refractivity contribution is 7.45. The minimum absolute atomic E-state index is 0.00573. The normalized spacial score (nSPS) is 14.3. The van der Waals surface area contributed by atoms with Crippen LogP contribution in [0.15, 0.2) is 36.5 Å². The maximum atomic E-state index is 12.9. The number of amides is 1. The van der Waals surface area contributed by atoms with E-state index in [0.717, 1.165) is 38.5 Å². The van der Waals surface area contributed by atoms with Crippen molar-refractivity contribution in [2.24, 2.45) is 0 Å². The van der Waals surface area contributed by atoms with Crippen molar-refractivity contribution in [1.82, 2.24) is 5.32 Å². The predicted molar refractivity (Wildman–Crippen MR) is 279 cm³/mol. The molecule has 0 aliphatic heterocycles. The van der Waals surface area contributed by atoms with Gasteiger partial charge in [0, 0.05) is 6.42 Å². The van der Waals surface area contributed by atoms with Gasteiger partial charge in [-0.2, -0.15) is 0 Å².